The van der Waals surface area contributed by atoms with Gasteiger partial charge in [-0.15, -0.1) is 0 Å². The van der Waals surface area contributed by atoms with Crippen molar-refractivity contribution in [2.24, 2.45) is 5.92 Å². The van der Waals surface area contributed by atoms with Crippen molar-refractivity contribution < 1.29 is 4.79 Å². The maximum Gasteiger partial charge on any atom is 0.234 e. The second-order valence-electron chi connectivity index (χ2n) is 3.56. The minimum absolute atomic E-state index is 0.0252. The molecule has 13 heavy (non-hydrogen) atoms. The van der Waals surface area contributed by atoms with Crippen LogP contribution in [0.5, 0.6) is 0 Å². The van der Waals surface area contributed by atoms with Crippen LogP contribution in [0.2, 0.25) is 0 Å². The maximum absolute atomic E-state index is 10.9. The highest BCUT2D eigenvalue weighted by atomic mass is 16.1. The van der Waals surface area contributed by atoms with Gasteiger partial charge in [0.25, 0.3) is 0 Å². The van der Waals surface area contributed by atoms with Crippen molar-refractivity contribution in [1.29, 1.82) is 5.26 Å². The van der Waals surface area contributed by atoms with E-state index < -0.39 is 0 Å². The van der Waals surface area contributed by atoms with E-state index in [2.05, 4.69) is 17.3 Å². The van der Waals surface area contributed by atoms with Crippen LogP contribution in [0, 0.1) is 17.2 Å². The molecule has 1 N–H and O–H groups in total. The van der Waals surface area contributed by atoms with Gasteiger partial charge in [0, 0.05) is 13.1 Å². The molecule has 0 saturated carbocycles. The fourth-order valence-corrected chi connectivity index (χ4v) is 1.59. The molecule has 0 aromatic rings. The summed E-state index contributed by atoms with van der Waals surface area (Å²) < 4.78 is 0. The average molecular weight is 181 g/mol. The molecule has 0 bridgehead atoms. The molecular weight excluding hydrogens is 166 g/mol. The second kappa shape index (κ2) is 4.83. The highest BCUT2D eigenvalue weighted by Crippen LogP contribution is 2.12. The standard InChI is InChI=1S/C9H15N3O/c1-12-5-3-8(7-12)6-11-9(13)2-4-10/h8H,2-3,5-7H2,1H3,(H,11,13). The summed E-state index contributed by atoms with van der Waals surface area (Å²) in [5, 5.41) is 11.0. The number of likely N-dealkylation sites (tertiary alicyclic amines) is 1. The lowest BCUT2D eigenvalue weighted by molar-refractivity contribution is -0.120. The predicted octanol–water partition coefficient (Wildman–Crippen LogP) is -0.0320. The van der Waals surface area contributed by atoms with Crippen LogP contribution in [0.3, 0.4) is 0 Å². The Hall–Kier alpha value is -1.08. The first-order valence-corrected chi connectivity index (χ1v) is 4.54. The topological polar surface area (TPSA) is 56.1 Å². The number of nitrogens with zero attached hydrogens (tertiary/aromatic N) is 2. The van der Waals surface area contributed by atoms with E-state index in [-0.39, 0.29) is 12.3 Å². The molecule has 1 aliphatic heterocycles. The molecule has 0 radical (unpaired) electrons. The maximum atomic E-state index is 10.9. The highest BCUT2D eigenvalue weighted by Gasteiger charge is 2.19. The molecule has 4 nitrogen and oxygen atoms in total. The first kappa shape index (κ1) is 10.0. The van der Waals surface area contributed by atoms with E-state index in [4.69, 9.17) is 5.26 Å². The fraction of sp³-hybridized carbons (Fsp3) is 0.778. The van der Waals surface area contributed by atoms with Gasteiger partial charge in [-0.2, -0.15) is 5.26 Å². The Bertz CT molecular complexity index is 221. The Morgan fingerprint density at radius 2 is 2.54 bits per heavy atom. The smallest absolute Gasteiger partial charge is 0.234 e. The van der Waals surface area contributed by atoms with Crippen LogP contribution in [0.4, 0.5) is 0 Å². The van der Waals surface area contributed by atoms with Gasteiger partial charge in [-0.3, -0.25) is 4.79 Å². The molecular formula is C9H15N3O. The van der Waals surface area contributed by atoms with Gasteiger partial charge < -0.3 is 10.2 Å². The first-order valence-electron chi connectivity index (χ1n) is 4.54. The zero-order valence-electron chi connectivity index (χ0n) is 7.92. The van der Waals surface area contributed by atoms with Crippen LogP contribution in [0.25, 0.3) is 0 Å². The minimum atomic E-state index is -0.156. The van der Waals surface area contributed by atoms with Gasteiger partial charge in [-0.1, -0.05) is 0 Å². The van der Waals surface area contributed by atoms with E-state index in [1.165, 1.54) is 0 Å². The van der Waals surface area contributed by atoms with E-state index in [0.29, 0.717) is 12.5 Å². The number of amides is 1. The molecule has 1 amide bonds. The molecule has 4 heteroatoms. The van der Waals surface area contributed by atoms with Crippen LogP contribution in [0.1, 0.15) is 12.8 Å². The van der Waals surface area contributed by atoms with Gasteiger partial charge in [0.1, 0.15) is 6.42 Å². The molecule has 1 atom stereocenters. The van der Waals surface area contributed by atoms with E-state index in [1.54, 1.807) is 0 Å². The van der Waals surface area contributed by atoms with Crippen molar-refractivity contribution in [3.05, 3.63) is 0 Å². The SMILES string of the molecule is CN1CCC(CNC(=O)CC#N)C1. The van der Waals surface area contributed by atoms with Crippen molar-refractivity contribution in [2.45, 2.75) is 12.8 Å². The molecule has 1 unspecified atom stereocenters. The van der Waals surface area contributed by atoms with Gasteiger partial charge in [-0.25, -0.2) is 0 Å². The lowest BCUT2D eigenvalue weighted by Gasteiger charge is -2.10. The molecule has 0 aliphatic carbocycles. The van der Waals surface area contributed by atoms with Gasteiger partial charge in [0.15, 0.2) is 0 Å². The average Bonchev–Trinajstić information content (AvgIpc) is 2.49. The van der Waals surface area contributed by atoms with E-state index in [1.807, 2.05) is 6.07 Å². The fourth-order valence-electron chi connectivity index (χ4n) is 1.59. The molecule has 72 valence electrons. The summed E-state index contributed by atoms with van der Waals surface area (Å²) in [6, 6.07) is 1.83. The molecule has 0 spiro atoms. The number of hydrogen-bond donors (Lipinski definition) is 1. The van der Waals surface area contributed by atoms with Gasteiger partial charge in [0.2, 0.25) is 5.91 Å². The molecule has 1 aliphatic rings. The van der Waals surface area contributed by atoms with Crippen LogP contribution >= 0.6 is 0 Å². The summed E-state index contributed by atoms with van der Waals surface area (Å²) in [6.07, 6.45) is 1.12. The normalized spacial score (nSPS) is 22.6. The lowest BCUT2D eigenvalue weighted by Crippen LogP contribution is -2.29. The Morgan fingerprint density at radius 1 is 1.77 bits per heavy atom. The molecule has 1 heterocycles. The third kappa shape index (κ3) is 3.43. The van der Waals surface area contributed by atoms with E-state index in [9.17, 15) is 4.79 Å². The van der Waals surface area contributed by atoms with E-state index >= 15 is 0 Å². The van der Waals surface area contributed by atoms with Gasteiger partial charge in [0.05, 0.1) is 6.07 Å². The second-order valence-corrected chi connectivity index (χ2v) is 3.56. The monoisotopic (exact) mass is 181 g/mol. The van der Waals surface area contributed by atoms with Gasteiger partial charge >= 0.3 is 0 Å². The van der Waals surface area contributed by atoms with Crippen molar-refractivity contribution >= 4 is 5.91 Å². The molecule has 0 aromatic heterocycles. The molecule has 1 saturated heterocycles. The highest BCUT2D eigenvalue weighted by molar-refractivity contribution is 5.77. The Labute approximate surface area is 78.5 Å². The zero-order chi connectivity index (χ0) is 9.68. The molecule has 1 rings (SSSR count). The minimum Gasteiger partial charge on any atom is -0.355 e. The number of hydrogen-bond acceptors (Lipinski definition) is 3. The summed E-state index contributed by atoms with van der Waals surface area (Å²) in [7, 11) is 2.08. The van der Waals surface area contributed by atoms with Crippen molar-refractivity contribution in [3.63, 3.8) is 0 Å². The Kier molecular flexibility index (Phi) is 3.71. The summed E-state index contributed by atoms with van der Waals surface area (Å²) in [4.78, 5) is 13.2. The third-order valence-corrected chi connectivity index (χ3v) is 2.32. The van der Waals surface area contributed by atoms with Crippen LogP contribution in [0.15, 0.2) is 0 Å². The summed E-state index contributed by atoms with van der Waals surface area (Å²) >= 11 is 0. The third-order valence-electron chi connectivity index (χ3n) is 2.32. The van der Waals surface area contributed by atoms with Crippen LogP contribution < -0.4 is 5.32 Å². The summed E-state index contributed by atoms with van der Waals surface area (Å²) in [6.45, 7) is 2.87. The number of nitriles is 1. The van der Waals surface area contributed by atoms with Crippen molar-refractivity contribution in [2.75, 3.05) is 26.7 Å². The predicted molar refractivity (Wildman–Crippen MR) is 48.8 cm³/mol. The van der Waals surface area contributed by atoms with Crippen LogP contribution in [-0.2, 0) is 4.79 Å². The van der Waals surface area contributed by atoms with E-state index in [0.717, 1.165) is 19.5 Å². The lowest BCUT2D eigenvalue weighted by atomic mass is 10.1. The Balaban J connectivity index is 2.13. The number of nitrogens with one attached hydrogen (secondary N) is 1. The quantitative estimate of drug-likeness (QED) is 0.665. The Morgan fingerprint density at radius 3 is 3.08 bits per heavy atom. The van der Waals surface area contributed by atoms with Crippen molar-refractivity contribution in [1.82, 2.24) is 10.2 Å². The number of rotatable bonds is 3. The molecule has 0 aromatic carbocycles. The van der Waals surface area contributed by atoms with Crippen LogP contribution in [-0.4, -0.2) is 37.5 Å². The number of carbonyl (C=O) groups is 1. The summed E-state index contributed by atoms with van der Waals surface area (Å²) in [5.74, 6) is 0.407. The molecule has 1 fully saturated rings. The van der Waals surface area contributed by atoms with Gasteiger partial charge in [-0.05, 0) is 25.9 Å². The summed E-state index contributed by atoms with van der Waals surface area (Å²) in [5.41, 5.74) is 0. The van der Waals surface area contributed by atoms with Crippen molar-refractivity contribution in [3.8, 4) is 6.07 Å². The first-order chi connectivity index (χ1) is 6.22. The largest absolute Gasteiger partial charge is 0.355 e. The zero-order valence-corrected chi connectivity index (χ0v) is 7.92. The number of carbonyl (C=O) groups excluding carboxylic acids is 1.